The van der Waals surface area contributed by atoms with E-state index < -0.39 is 6.67 Å². The molecule has 0 fully saturated rings. The first-order chi connectivity index (χ1) is 11.2. The molecule has 0 spiro atoms. The Bertz CT molecular complexity index is 781. The average Bonchev–Trinajstić information content (AvgIpc) is 2.59. The van der Waals surface area contributed by atoms with Crippen LogP contribution in [0.1, 0.15) is 16.8 Å². The molecule has 3 aromatic rings. The number of alkyl halides is 1. The number of halogens is 1. The Labute approximate surface area is 137 Å². The summed E-state index contributed by atoms with van der Waals surface area (Å²) in [6.07, 6.45) is 0. The van der Waals surface area contributed by atoms with Crippen LogP contribution >= 0.6 is 0 Å². The van der Waals surface area contributed by atoms with Crippen LogP contribution in [0.2, 0.25) is 0 Å². The van der Waals surface area contributed by atoms with Gasteiger partial charge in [0, 0.05) is 5.59 Å². The Morgan fingerprint density at radius 1 is 0.826 bits per heavy atom. The van der Waals surface area contributed by atoms with Gasteiger partial charge in [-0.3, -0.25) is 4.98 Å². The lowest BCUT2D eigenvalue weighted by Gasteiger charge is -2.19. The molecule has 114 valence electrons. The summed E-state index contributed by atoms with van der Waals surface area (Å²) in [5.41, 5.74) is 6.26. The third kappa shape index (κ3) is 3.19. The van der Waals surface area contributed by atoms with Crippen LogP contribution in [-0.2, 0) is 6.67 Å². The third-order valence-corrected chi connectivity index (χ3v) is 4.22. The van der Waals surface area contributed by atoms with Gasteiger partial charge in [0.2, 0.25) is 0 Å². The maximum absolute atomic E-state index is 13.1. The van der Waals surface area contributed by atoms with Crippen LogP contribution in [0.5, 0.6) is 0 Å². The summed E-state index contributed by atoms with van der Waals surface area (Å²) in [4.78, 5) is 4.55. The summed E-state index contributed by atoms with van der Waals surface area (Å²) in [5, 5.41) is 0. The minimum absolute atomic E-state index is 0.0175. The fourth-order valence-electron chi connectivity index (χ4n) is 3.15. The summed E-state index contributed by atoms with van der Waals surface area (Å²) in [6.45, 7) is 3.72. The molecule has 3 heteroatoms. The summed E-state index contributed by atoms with van der Waals surface area (Å²) in [5.74, 6) is 0. The molecule has 0 aliphatic carbocycles. The molecule has 0 amide bonds. The van der Waals surface area contributed by atoms with Crippen molar-refractivity contribution in [3.05, 3.63) is 83.6 Å². The van der Waals surface area contributed by atoms with E-state index >= 15 is 0 Å². The van der Waals surface area contributed by atoms with Crippen molar-refractivity contribution in [2.24, 2.45) is 0 Å². The summed E-state index contributed by atoms with van der Waals surface area (Å²) in [6, 6.07) is 22.2. The van der Waals surface area contributed by atoms with Crippen molar-refractivity contribution < 1.29 is 4.39 Å². The summed E-state index contributed by atoms with van der Waals surface area (Å²) < 4.78 is 13.1. The molecular formula is C20H19BFN. The van der Waals surface area contributed by atoms with Gasteiger partial charge in [-0.15, -0.1) is 0 Å². The maximum Gasteiger partial charge on any atom is 0.265 e. The number of pyridine rings is 1. The number of benzene rings is 2. The number of nitrogens with zero attached hydrogens (tertiary/aromatic N) is 1. The van der Waals surface area contributed by atoms with E-state index in [0.717, 1.165) is 5.59 Å². The zero-order valence-electron chi connectivity index (χ0n) is 13.5. The molecule has 0 aliphatic heterocycles. The summed E-state index contributed by atoms with van der Waals surface area (Å²) >= 11 is 0. The van der Waals surface area contributed by atoms with Gasteiger partial charge in [-0.1, -0.05) is 76.6 Å². The average molecular weight is 303 g/mol. The van der Waals surface area contributed by atoms with Crippen LogP contribution in [0.3, 0.4) is 0 Å². The first-order valence-corrected chi connectivity index (χ1v) is 7.83. The molecule has 0 unspecified atom stereocenters. The largest absolute Gasteiger partial charge is 0.265 e. The first-order valence-electron chi connectivity index (χ1n) is 7.83. The van der Waals surface area contributed by atoms with E-state index in [1.54, 1.807) is 6.07 Å². The monoisotopic (exact) mass is 303 g/mol. The predicted octanol–water partition coefficient (Wildman–Crippen LogP) is 2.68. The lowest BCUT2D eigenvalue weighted by atomic mass is 9.37. The molecule has 1 nitrogen and oxygen atoms in total. The predicted molar refractivity (Wildman–Crippen MR) is 96.1 cm³/mol. The molecule has 0 N–H and O–H groups in total. The number of rotatable bonds is 4. The fraction of sp³-hybridized carbons (Fsp3) is 0.150. The molecule has 0 bridgehead atoms. The second-order valence-electron chi connectivity index (χ2n) is 5.84. The number of aromatic nitrogens is 1. The Morgan fingerprint density at radius 3 is 2.13 bits per heavy atom. The number of hydrogen-bond donors (Lipinski definition) is 0. The SMILES string of the molecule is Cc1cccc(C)c1B(c1ccccc1)c1cccc(CF)n1. The van der Waals surface area contributed by atoms with E-state index in [0.29, 0.717) is 5.69 Å². The minimum Gasteiger partial charge on any atom is -0.264 e. The van der Waals surface area contributed by atoms with Crippen molar-refractivity contribution in [3.63, 3.8) is 0 Å². The smallest absolute Gasteiger partial charge is 0.264 e. The van der Waals surface area contributed by atoms with E-state index in [1.165, 1.54) is 22.1 Å². The normalized spacial score (nSPS) is 10.6. The van der Waals surface area contributed by atoms with Crippen molar-refractivity contribution in [2.75, 3.05) is 0 Å². The highest BCUT2D eigenvalue weighted by Gasteiger charge is 2.26. The van der Waals surface area contributed by atoms with Gasteiger partial charge in [0.15, 0.2) is 0 Å². The molecule has 0 saturated heterocycles. The Kier molecular flexibility index (Phi) is 4.56. The second kappa shape index (κ2) is 6.78. The second-order valence-corrected chi connectivity index (χ2v) is 5.84. The fourth-order valence-corrected chi connectivity index (χ4v) is 3.15. The van der Waals surface area contributed by atoms with Crippen molar-refractivity contribution in [1.29, 1.82) is 0 Å². The van der Waals surface area contributed by atoms with Crippen LogP contribution in [-0.4, -0.2) is 11.7 Å². The highest BCUT2D eigenvalue weighted by Crippen LogP contribution is 2.05. The van der Waals surface area contributed by atoms with Crippen molar-refractivity contribution in [2.45, 2.75) is 20.5 Å². The molecule has 0 radical (unpaired) electrons. The van der Waals surface area contributed by atoms with Crippen LogP contribution < -0.4 is 16.5 Å². The van der Waals surface area contributed by atoms with Gasteiger partial charge in [0.05, 0.1) is 5.69 Å². The van der Waals surface area contributed by atoms with E-state index in [4.69, 9.17) is 0 Å². The maximum atomic E-state index is 13.1. The topological polar surface area (TPSA) is 12.9 Å². The van der Waals surface area contributed by atoms with Gasteiger partial charge in [-0.05, 0) is 26.0 Å². The highest BCUT2D eigenvalue weighted by molar-refractivity contribution is 6.95. The molecule has 0 atom stereocenters. The molecule has 0 aliphatic rings. The third-order valence-electron chi connectivity index (χ3n) is 4.22. The van der Waals surface area contributed by atoms with Gasteiger partial charge in [-0.25, -0.2) is 4.39 Å². The van der Waals surface area contributed by atoms with Crippen molar-refractivity contribution >= 4 is 23.2 Å². The minimum atomic E-state index is -0.540. The van der Waals surface area contributed by atoms with Crippen molar-refractivity contribution in [1.82, 2.24) is 4.98 Å². The standard InChI is InChI=1S/C20H19BFN/c1-15-8-6-9-16(2)20(15)21(17-10-4-3-5-11-17)19-13-7-12-18(14-22)23-19/h3-13H,14H2,1-2H3. The van der Waals surface area contributed by atoms with Gasteiger partial charge >= 0.3 is 0 Å². The van der Waals surface area contributed by atoms with E-state index in [9.17, 15) is 4.39 Å². The molecule has 23 heavy (non-hydrogen) atoms. The first kappa shape index (κ1) is 15.5. The molecule has 1 heterocycles. The molecule has 2 aromatic carbocycles. The van der Waals surface area contributed by atoms with Gasteiger partial charge in [0.25, 0.3) is 6.71 Å². The van der Waals surface area contributed by atoms with E-state index in [2.05, 4.69) is 49.2 Å². The van der Waals surface area contributed by atoms with E-state index in [1.807, 2.05) is 30.3 Å². The Balaban J connectivity index is 2.23. The van der Waals surface area contributed by atoms with Crippen LogP contribution in [0.15, 0.2) is 66.7 Å². The van der Waals surface area contributed by atoms with Crippen LogP contribution in [0.4, 0.5) is 4.39 Å². The van der Waals surface area contributed by atoms with Gasteiger partial charge in [-0.2, -0.15) is 0 Å². The van der Waals surface area contributed by atoms with Gasteiger partial charge < -0.3 is 0 Å². The highest BCUT2D eigenvalue weighted by atomic mass is 19.1. The van der Waals surface area contributed by atoms with Crippen molar-refractivity contribution in [3.8, 4) is 0 Å². The molecule has 0 saturated carbocycles. The zero-order chi connectivity index (χ0) is 16.2. The Morgan fingerprint density at radius 2 is 1.48 bits per heavy atom. The lowest BCUT2D eigenvalue weighted by Crippen LogP contribution is -2.55. The quantitative estimate of drug-likeness (QED) is 0.675. The summed E-state index contributed by atoms with van der Waals surface area (Å²) in [7, 11) is 0. The molecular weight excluding hydrogens is 284 g/mol. The zero-order valence-corrected chi connectivity index (χ0v) is 13.5. The number of aryl methyl sites for hydroxylation is 2. The number of hydrogen-bond acceptors (Lipinski definition) is 1. The van der Waals surface area contributed by atoms with Gasteiger partial charge in [0.1, 0.15) is 6.67 Å². The molecule has 1 aromatic heterocycles. The Hall–Kier alpha value is -2.42. The van der Waals surface area contributed by atoms with E-state index in [-0.39, 0.29) is 6.71 Å². The van der Waals surface area contributed by atoms with Crippen LogP contribution in [0.25, 0.3) is 0 Å². The lowest BCUT2D eigenvalue weighted by molar-refractivity contribution is 0.476. The van der Waals surface area contributed by atoms with Crippen LogP contribution in [0, 0.1) is 13.8 Å². The molecule has 3 rings (SSSR count).